The van der Waals surface area contributed by atoms with Crippen LogP contribution in [0.2, 0.25) is 0 Å². The van der Waals surface area contributed by atoms with E-state index in [2.05, 4.69) is 5.32 Å². The smallest absolute Gasteiger partial charge is 0.317 e. The molecule has 0 aliphatic heterocycles. The van der Waals surface area contributed by atoms with E-state index in [9.17, 15) is 19.2 Å². The van der Waals surface area contributed by atoms with Gasteiger partial charge in [-0.2, -0.15) is 0 Å². The Morgan fingerprint density at radius 3 is 0.957 bits per heavy atom. The number of rotatable bonds is 11. The third-order valence-electron chi connectivity index (χ3n) is 2.17. The van der Waals surface area contributed by atoms with Crippen LogP contribution in [0.3, 0.4) is 0 Å². The molecular weight excluding hydrogens is 314 g/mol. The zero-order chi connectivity index (χ0) is 18.4. The Bertz CT molecular complexity index is 334. The fourth-order valence-corrected chi connectivity index (χ4v) is 1.48. The summed E-state index contributed by atoms with van der Waals surface area (Å²) >= 11 is 0. The Morgan fingerprint density at radius 1 is 0.652 bits per heavy atom. The molecule has 0 bridgehead atoms. The van der Waals surface area contributed by atoms with Crippen LogP contribution in [0, 0.1) is 0 Å². The Hall–Kier alpha value is -2.24. The number of nitrogens with one attached hydrogen (secondary N) is 1. The van der Waals surface area contributed by atoms with Crippen LogP contribution in [0.4, 0.5) is 0 Å². The second-order valence-corrected chi connectivity index (χ2v) is 4.50. The highest BCUT2D eigenvalue weighted by molar-refractivity contribution is 5.73. The molecule has 0 atom stereocenters. The van der Waals surface area contributed by atoms with Crippen molar-refractivity contribution in [3.05, 3.63) is 0 Å². The first-order valence-electron chi connectivity index (χ1n) is 6.52. The van der Waals surface area contributed by atoms with Crippen molar-refractivity contribution in [3.63, 3.8) is 0 Å². The van der Waals surface area contributed by atoms with Crippen molar-refractivity contribution in [2.45, 2.75) is 0 Å². The lowest BCUT2D eigenvalue weighted by molar-refractivity contribution is -0.145. The molecule has 0 aromatic rings. The van der Waals surface area contributed by atoms with Crippen molar-refractivity contribution in [3.8, 4) is 0 Å². The fraction of sp³-hybridized carbons (Fsp3) is 0.667. The van der Waals surface area contributed by atoms with Gasteiger partial charge in [0, 0.05) is 13.1 Å². The summed E-state index contributed by atoms with van der Waals surface area (Å²) in [6.07, 6.45) is 0. The molecule has 0 aromatic carbocycles. The Morgan fingerprint density at radius 2 is 0.826 bits per heavy atom. The van der Waals surface area contributed by atoms with E-state index in [1.165, 1.54) is 0 Å². The summed E-state index contributed by atoms with van der Waals surface area (Å²) in [4.78, 5) is 44.4. The SMILES string of the molecule is CNC.O=C(O)CN(CCN(CC(=O)O)CC(=O)O)CC(=O)O. The normalized spacial score (nSPS) is 10.1. The van der Waals surface area contributed by atoms with Gasteiger partial charge in [0.2, 0.25) is 0 Å². The standard InChI is InChI=1S/C10H16N2O8.C2H7N/c13-7(14)3-11(4-8(15)16)1-2-12(5-9(17)18)6-10(19)20;1-3-2/h1-6H2,(H,13,14)(H,15,16)(H,17,18)(H,19,20);3H,1-2H3. The molecule has 0 saturated heterocycles. The summed E-state index contributed by atoms with van der Waals surface area (Å²) in [6.45, 7) is -2.25. The van der Waals surface area contributed by atoms with E-state index in [0.717, 1.165) is 9.80 Å². The zero-order valence-corrected chi connectivity index (χ0v) is 13.1. The fourth-order valence-electron chi connectivity index (χ4n) is 1.48. The summed E-state index contributed by atoms with van der Waals surface area (Å²) in [5.41, 5.74) is 0. The molecule has 134 valence electrons. The molecule has 23 heavy (non-hydrogen) atoms. The number of carboxylic acids is 4. The van der Waals surface area contributed by atoms with Crippen LogP contribution >= 0.6 is 0 Å². The van der Waals surface area contributed by atoms with Crippen LogP contribution in [0.15, 0.2) is 0 Å². The number of hydrogen-bond donors (Lipinski definition) is 5. The molecule has 5 N–H and O–H groups in total. The molecule has 0 aromatic heterocycles. The first kappa shape index (κ1) is 23.0. The van der Waals surface area contributed by atoms with E-state index in [1.807, 2.05) is 14.1 Å². The van der Waals surface area contributed by atoms with Crippen LogP contribution in [0.1, 0.15) is 0 Å². The van der Waals surface area contributed by atoms with Gasteiger partial charge >= 0.3 is 23.9 Å². The van der Waals surface area contributed by atoms with Gasteiger partial charge in [-0.25, -0.2) is 0 Å². The first-order valence-corrected chi connectivity index (χ1v) is 6.52. The molecule has 0 rings (SSSR count). The lowest BCUT2D eigenvalue weighted by atomic mass is 10.4. The molecule has 0 spiro atoms. The van der Waals surface area contributed by atoms with Gasteiger partial charge in [0.15, 0.2) is 0 Å². The van der Waals surface area contributed by atoms with Crippen LogP contribution < -0.4 is 5.32 Å². The van der Waals surface area contributed by atoms with Crippen molar-refractivity contribution >= 4 is 23.9 Å². The van der Waals surface area contributed by atoms with Crippen molar-refractivity contribution in [2.24, 2.45) is 0 Å². The van der Waals surface area contributed by atoms with Crippen molar-refractivity contribution in [1.29, 1.82) is 0 Å². The van der Waals surface area contributed by atoms with E-state index in [1.54, 1.807) is 0 Å². The van der Waals surface area contributed by atoms with Crippen molar-refractivity contribution in [1.82, 2.24) is 15.1 Å². The molecule has 0 unspecified atom stereocenters. The van der Waals surface area contributed by atoms with E-state index in [4.69, 9.17) is 20.4 Å². The van der Waals surface area contributed by atoms with Gasteiger partial charge in [0.05, 0.1) is 26.2 Å². The second kappa shape index (κ2) is 13.4. The summed E-state index contributed by atoms with van der Waals surface area (Å²) < 4.78 is 0. The van der Waals surface area contributed by atoms with Gasteiger partial charge in [-0.3, -0.25) is 29.0 Å². The predicted molar refractivity (Wildman–Crippen MR) is 78.4 cm³/mol. The summed E-state index contributed by atoms with van der Waals surface area (Å²) in [5.74, 6) is -4.91. The Balaban J connectivity index is 0. The average molecular weight is 337 g/mol. The Labute approximate surface area is 133 Å². The van der Waals surface area contributed by atoms with Gasteiger partial charge in [0.25, 0.3) is 0 Å². The minimum atomic E-state index is -1.23. The number of carboxylic acid groups (broad SMARTS) is 4. The van der Waals surface area contributed by atoms with Crippen molar-refractivity contribution in [2.75, 3.05) is 53.4 Å². The second-order valence-electron chi connectivity index (χ2n) is 4.50. The number of hydrogen-bond acceptors (Lipinski definition) is 7. The minimum absolute atomic E-state index is 0.0703. The molecule has 11 heteroatoms. The molecule has 0 fully saturated rings. The number of carbonyl (C=O) groups is 4. The van der Waals surface area contributed by atoms with Crippen molar-refractivity contribution < 1.29 is 39.6 Å². The summed E-state index contributed by atoms with van der Waals surface area (Å²) in [7, 11) is 3.75. The van der Waals surface area contributed by atoms with E-state index < -0.39 is 50.1 Å². The third kappa shape index (κ3) is 17.7. The highest BCUT2D eigenvalue weighted by Gasteiger charge is 2.17. The van der Waals surface area contributed by atoms with Crippen LogP contribution in [0.25, 0.3) is 0 Å². The maximum atomic E-state index is 10.6. The topological polar surface area (TPSA) is 168 Å². The van der Waals surface area contributed by atoms with E-state index in [-0.39, 0.29) is 13.1 Å². The average Bonchev–Trinajstić information content (AvgIpc) is 2.33. The molecule has 0 saturated carbocycles. The number of nitrogens with zero attached hydrogens (tertiary/aromatic N) is 2. The maximum absolute atomic E-state index is 10.6. The quantitative estimate of drug-likeness (QED) is 0.276. The van der Waals surface area contributed by atoms with Gasteiger partial charge in [-0.05, 0) is 14.1 Å². The van der Waals surface area contributed by atoms with Crippen LogP contribution in [-0.2, 0) is 19.2 Å². The summed E-state index contributed by atoms with van der Waals surface area (Å²) in [5, 5.41) is 37.2. The molecular formula is C12H23N3O8. The maximum Gasteiger partial charge on any atom is 0.317 e. The highest BCUT2D eigenvalue weighted by Crippen LogP contribution is 1.94. The van der Waals surface area contributed by atoms with Crippen LogP contribution in [0.5, 0.6) is 0 Å². The molecule has 0 aliphatic rings. The van der Waals surface area contributed by atoms with E-state index >= 15 is 0 Å². The molecule has 0 radical (unpaired) electrons. The van der Waals surface area contributed by atoms with Gasteiger partial charge in [0.1, 0.15) is 0 Å². The highest BCUT2D eigenvalue weighted by atomic mass is 16.4. The molecule has 11 nitrogen and oxygen atoms in total. The Kier molecular flexibility index (Phi) is 13.4. The zero-order valence-electron chi connectivity index (χ0n) is 13.1. The van der Waals surface area contributed by atoms with Crippen LogP contribution in [-0.4, -0.2) is 107 Å². The monoisotopic (exact) mass is 337 g/mol. The largest absolute Gasteiger partial charge is 0.480 e. The molecule has 0 aliphatic carbocycles. The lowest BCUT2D eigenvalue weighted by Crippen LogP contribution is -2.43. The lowest BCUT2D eigenvalue weighted by Gasteiger charge is -2.23. The van der Waals surface area contributed by atoms with Gasteiger partial charge < -0.3 is 25.7 Å². The minimum Gasteiger partial charge on any atom is -0.480 e. The van der Waals surface area contributed by atoms with Gasteiger partial charge in [-0.1, -0.05) is 0 Å². The van der Waals surface area contributed by atoms with E-state index in [0.29, 0.717) is 0 Å². The molecule has 0 amide bonds. The first-order chi connectivity index (χ1) is 10.6. The third-order valence-corrected chi connectivity index (χ3v) is 2.17. The van der Waals surface area contributed by atoms with Gasteiger partial charge in [-0.15, -0.1) is 0 Å². The summed E-state index contributed by atoms with van der Waals surface area (Å²) in [6, 6.07) is 0. The number of aliphatic carboxylic acids is 4. The predicted octanol–water partition coefficient (Wildman–Crippen LogP) is -2.24. The molecule has 0 heterocycles.